The van der Waals surface area contributed by atoms with Gasteiger partial charge in [-0.05, 0) is 56.7 Å². The van der Waals surface area contributed by atoms with Crippen molar-refractivity contribution >= 4 is 33.2 Å². The van der Waals surface area contributed by atoms with Crippen molar-refractivity contribution in [1.82, 2.24) is 4.72 Å². The first kappa shape index (κ1) is 25.5. The van der Waals surface area contributed by atoms with Gasteiger partial charge in [-0.15, -0.1) is 0 Å². The van der Waals surface area contributed by atoms with E-state index in [9.17, 15) is 18.0 Å². The van der Waals surface area contributed by atoms with Gasteiger partial charge in [-0.2, -0.15) is 0 Å². The van der Waals surface area contributed by atoms with Gasteiger partial charge in [-0.25, -0.2) is 13.1 Å². The van der Waals surface area contributed by atoms with Crippen LogP contribution in [-0.4, -0.2) is 39.4 Å². The van der Waals surface area contributed by atoms with Crippen LogP contribution in [0, 0.1) is 11.8 Å². The smallest absolute Gasteiger partial charge is 0.242 e. The van der Waals surface area contributed by atoms with Gasteiger partial charge < -0.3 is 16.0 Å². The molecule has 4 N–H and O–H groups in total. The summed E-state index contributed by atoms with van der Waals surface area (Å²) in [6.07, 6.45) is 8.04. The molecule has 0 radical (unpaired) electrons. The maximum Gasteiger partial charge on any atom is 0.242 e. The van der Waals surface area contributed by atoms with E-state index in [1.807, 2.05) is 18.7 Å². The fourth-order valence-electron chi connectivity index (χ4n) is 4.74. The van der Waals surface area contributed by atoms with Gasteiger partial charge in [0.15, 0.2) is 0 Å². The van der Waals surface area contributed by atoms with Crippen LogP contribution in [0.15, 0.2) is 23.1 Å². The van der Waals surface area contributed by atoms with Crippen LogP contribution in [0.5, 0.6) is 0 Å². The summed E-state index contributed by atoms with van der Waals surface area (Å²) < 4.78 is 29.2. The molecule has 1 saturated heterocycles. The number of anilines is 2. The van der Waals surface area contributed by atoms with Crippen LogP contribution < -0.4 is 20.7 Å². The molecule has 0 unspecified atom stereocenters. The van der Waals surface area contributed by atoms with Gasteiger partial charge in [0.25, 0.3) is 0 Å². The largest absolute Gasteiger partial charge is 0.370 e. The number of rotatable bonds is 10. The quantitative estimate of drug-likeness (QED) is 0.476. The number of nitrogens with one attached hydrogen (secondary N) is 2. The highest BCUT2D eigenvalue weighted by atomic mass is 32.2. The lowest BCUT2D eigenvalue weighted by Gasteiger charge is -2.33. The first-order valence-electron chi connectivity index (χ1n) is 12.2. The van der Waals surface area contributed by atoms with Crippen molar-refractivity contribution in [1.29, 1.82) is 0 Å². The summed E-state index contributed by atoms with van der Waals surface area (Å²) in [6, 6.07) is 4.84. The monoisotopic (exact) mass is 478 g/mol. The van der Waals surface area contributed by atoms with Crippen molar-refractivity contribution in [2.24, 2.45) is 17.6 Å². The summed E-state index contributed by atoms with van der Waals surface area (Å²) in [5.74, 6) is 0.0434. The number of piperidine rings is 1. The highest BCUT2D eigenvalue weighted by Crippen LogP contribution is 2.32. The first-order chi connectivity index (χ1) is 15.7. The molecule has 2 amide bonds. The minimum atomic E-state index is -3.80. The number of nitrogens with two attached hydrogens (primary N) is 1. The van der Waals surface area contributed by atoms with Gasteiger partial charge in [0.2, 0.25) is 21.8 Å². The molecule has 1 aliphatic carbocycles. The molecule has 1 saturated carbocycles. The average Bonchev–Trinajstić information content (AvgIpc) is 3.31. The van der Waals surface area contributed by atoms with Crippen LogP contribution in [0.25, 0.3) is 0 Å². The number of carbonyl (C=O) groups excluding carboxylic acids is 2. The predicted molar refractivity (Wildman–Crippen MR) is 130 cm³/mol. The Hall–Kier alpha value is -2.13. The molecule has 1 aliphatic heterocycles. The molecule has 8 nitrogen and oxygen atoms in total. The maximum atomic E-state index is 13.3. The van der Waals surface area contributed by atoms with Crippen molar-refractivity contribution in [3.05, 3.63) is 18.2 Å². The van der Waals surface area contributed by atoms with Crippen molar-refractivity contribution in [3.8, 4) is 0 Å². The van der Waals surface area contributed by atoms with Crippen molar-refractivity contribution in [2.75, 3.05) is 23.3 Å². The molecule has 3 rings (SSSR count). The first-order valence-corrected chi connectivity index (χ1v) is 13.7. The van der Waals surface area contributed by atoms with E-state index in [0.29, 0.717) is 56.1 Å². The predicted octanol–water partition coefficient (Wildman–Crippen LogP) is 3.37. The topological polar surface area (TPSA) is 122 Å². The lowest BCUT2D eigenvalue weighted by atomic mass is 9.96. The van der Waals surface area contributed by atoms with Crippen LogP contribution in [-0.2, 0) is 19.6 Å². The summed E-state index contributed by atoms with van der Waals surface area (Å²) in [5, 5.41) is 2.89. The normalized spacial score (nSPS) is 18.9. The highest BCUT2D eigenvalue weighted by molar-refractivity contribution is 7.89. The number of primary amides is 1. The standard InChI is InChI=1S/C24H38N4O4S/c1-3-17(2)27-33(31,32)22-16-20(26-23(29)11-8-18-6-4-5-7-18)9-10-21(22)28-14-12-19(13-15-28)24(25)30/h9-10,16-19,27H,3-8,11-15H2,1-2H3,(H2,25,30)(H,26,29)/t17-/m0/s1. The molecule has 0 aromatic heterocycles. The van der Waals surface area contributed by atoms with E-state index in [2.05, 4.69) is 10.0 Å². The number of nitrogens with zero attached hydrogens (tertiary/aromatic N) is 1. The minimum Gasteiger partial charge on any atom is -0.370 e. The number of hydrogen-bond donors (Lipinski definition) is 3. The fraction of sp³-hybridized carbons (Fsp3) is 0.667. The van der Waals surface area contributed by atoms with E-state index in [1.165, 1.54) is 25.7 Å². The summed E-state index contributed by atoms with van der Waals surface area (Å²) in [7, 11) is -3.80. The molecule has 1 heterocycles. The summed E-state index contributed by atoms with van der Waals surface area (Å²) in [6.45, 7) is 4.84. The van der Waals surface area contributed by atoms with Gasteiger partial charge in [0.05, 0.1) is 5.69 Å². The molecule has 2 fully saturated rings. The zero-order chi connectivity index (χ0) is 24.0. The van der Waals surface area contributed by atoms with E-state index >= 15 is 0 Å². The van der Waals surface area contributed by atoms with Gasteiger partial charge in [-0.1, -0.05) is 32.6 Å². The van der Waals surface area contributed by atoms with E-state index < -0.39 is 10.0 Å². The Morgan fingerprint density at radius 1 is 1.15 bits per heavy atom. The molecule has 0 spiro atoms. The van der Waals surface area contributed by atoms with Crippen LogP contribution in [0.3, 0.4) is 0 Å². The number of sulfonamides is 1. The molecule has 184 valence electrons. The Kier molecular flexibility index (Phi) is 8.75. The SMILES string of the molecule is CC[C@H](C)NS(=O)(=O)c1cc(NC(=O)CCC2CCCC2)ccc1N1CCC(C(N)=O)CC1. The molecule has 33 heavy (non-hydrogen) atoms. The van der Waals surface area contributed by atoms with Crippen LogP contribution in [0.1, 0.15) is 71.6 Å². The third-order valence-electron chi connectivity index (χ3n) is 6.99. The molecule has 1 aromatic rings. The summed E-state index contributed by atoms with van der Waals surface area (Å²) >= 11 is 0. The molecule has 1 aromatic carbocycles. The highest BCUT2D eigenvalue weighted by Gasteiger charge is 2.28. The van der Waals surface area contributed by atoms with E-state index in [-0.39, 0.29) is 28.7 Å². The third kappa shape index (κ3) is 6.93. The molecular weight excluding hydrogens is 440 g/mol. The van der Waals surface area contributed by atoms with E-state index in [4.69, 9.17) is 5.73 Å². The average molecular weight is 479 g/mol. The second kappa shape index (κ2) is 11.3. The number of hydrogen-bond acceptors (Lipinski definition) is 5. The minimum absolute atomic E-state index is 0.0878. The Bertz CT molecular complexity index is 936. The zero-order valence-corrected chi connectivity index (χ0v) is 20.6. The molecule has 2 aliphatic rings. The van der Waals surface area contributed by atoms with Crippen LogP contribution in [0.4, 0.5) is 11.4 Å². The third-order valence-corrected chi connectivity index (χ3v) is 8.61. The van der Waals surface area contributed by atoms with Crippen LogP contribution in [0.2, 0.25) is 0 Å². The second-order valence-corrected chi connectivity index (χ2v) is 11.2. The van der Waals surface area contributed by atoms with Crippen LogP contribution >= 0.6 is 0 Å². The lowest BCUT2D eigenvalue weighted by molar-refractivity contribution is -0.122. The Labute approximate surface area is 197 Å². The fourth-order valence-corrected chi connectivity index (χ4v) is 6.32. The second-order valence-electron chi connectivity index (χ2n) is 9.51. The Morgan fingerprint density at radius 2 is 1.82 bits per heavy atom. The summed E-state index contributed by atoms with van der Waals surface area (Å²) in [5.41, 5.74) is 6.51. The van der Waals surface area contributed by atoms with Gasteiger partial charge in [0.1, 0.15) is 4.90 Å². The van der Waals surface area contributed by atoms with Crippen molar-refractivity contribution in [3.63, 3.8) is 0 Å². The molecule has 0 bridgehead atoms. The Morgan fingerprint density at radius 3 is 2.42 bits per heavy atom. The molecular formula is C24H38N4O4S. The lowest BCUT2D eigenvalue weighted by Crippen LogP contribution is -2.40. The molecule has 9 heteroatoms. The summed E-state index contributed by atoms with van der Waals surface area (Å²) in [4.78, 5) is 26.2. The van der Waals surface area contributed by atoms with E-state index in [0.717, 1.165) is 6.42 Å². The number of amides is 2. The zero-order valence-electron chi connectivity index (χ0n) is 19.8. The van der Waals surface area contributed by atoms with Crippen molar-refractivity contribution in [2.45, 2.75) is 82.6 Å². The van der Waals surface area contributed by atoms with Gasteiger partial charge in [-0.3, -0.25) is 9.59 Å². The molecule has 1 atom stereocenters. The van der Waals surface area contributed by atoms with Gasteiger partial charge >= 0.3 is 0 Å². The maximum absolute atomic E-state index is 13.3. The Balaban J connectivity index is 1.79. The van der Waals surface area contributed by atoms with Gasteiger partial charge in [0, 0.05) is 37.2 Å². The number of carbonyl (C=O) groups is 2. The number of benzene rings is 1. The van der Waals surface area contributed by atoms with E-state index in [1.54, 1.807) is 18.2 Å². The van der Waals surface area contributed by atoms with Crippen molar-refractivity contribution < 1.29 is 18.0 Å².